The van der Waals surface area contributed by atoms with Gasteiger partial charge in [-0.3, -0.25) is 0 Å². The van der Waals surface area contributed by atoms with E-state index in [1.807, 2.05) is 38.1 Å². The van der Waals surface area contributed by atoms with Gasteiger partial charge in [0.05, 0.1) is 5.02 Å². The summed E-state index contributed by atoms with van der Waals surface area (Å²) in [5.41, 5.74) is 3.21. The Morgan fingerprint density at radius 3 is 2.72 bits per heavy atom. The van der Waals surface area contributed by atoms with E-state index in [4.69, 9.17) is 16.3 Å². The Bertz CT molecular complexity index is 572. The highest BCUT2D eigenvalue weighted by molar-refractivity contribution is 9.08. The summed E-state index contributed by atoms with van der Waals surface area (Å²) >= 11 is 9.50. The largest absolute Gasteiger partial charge is 0.437 e. The van der Waals surface area contributed by atoms with Gasteiger partial charge < -0.3 is 4.74 Å². The average Bonchev–Trinajstić information content (AvgIpc) is 2.36. The smallest absolute Gasteiger partial charge is 0.222 e. The molecule has 0 bridgehead atoms. The topological polar surface area (TPSA) is 22.1 Å². The van der Waals surface area contributed by atoms with Crippen LogP contribution in [0.1, 0.15) is 16.7 Å². The fourth-order valence-electron chi connectivity index (χ4n) is 1.59. The molecule has 0 aliphatic carbocycles. The molecular weight excluding hydrogens is 314 g/mol. The number of ether oxygens (including phenoxy) is 1. The monoisotopic (exact) mass is 325 g/mol. The number of nitrogens with zero attached hydrogens (tertiary/aromatic N) is 1. The van der Waals surface area contributed by atoms with Crippen molar-refractivity contribution >= 4 is 27.5 Å². The fraction of sp³-hybridized carbons (Fsp3) is 0.214. The van der Waals surface area contributed by atoms with Gasteiger partial charge in [0.25, 0.3) is 0 Å². The van der Waals surface area contributed by atoms with Gasteiger partial charge in [-0.05, 0) is 43.2 Å². The Labute approximate surface area is 120 Å². The summed E-state index contributed by atoms with van der Waals surface area (Å²) in [4.78, 5) is 4.30. The van der Waals surface area contributed by atoms with Crippen molar-refractivity contribution in [3.05, 3.63) is 52.2 Å². The molecule has 0 unspecified atom stereocenters. The predicted octanol–water partition coefficient (Wildman–Crippen LogP) is 5.04. The third-order valence-electron chi connectivity index (χ3n) is 2.53. The first-order valence-electron chi connectivity index (χ1n) is 5.55. The second kappa shape index (κ2) is 5.72. The van der Waals surface area contributed by atoms with Crippen molar-refractivity contribution in [2.45, 2.75) is 19.2 Å². The number of alkyl halides is 1. The number of aryl methyl sites for hydroxylation is 2. The van der Waals surface area contributed by atoms with Gasteiger partial charge >= 0.3 is 0 Å². The second-order valence-electron chi connectivity index (χ2n) is 4.14. The van der Waals surface area contributed by atoms with Gasteiger partial charge in [0.15, 0.2) is 0 Å². The molecule has 18 heavy (non-hydrogen) atoms. The zero-order valence-corrected chi connectivity index (χ0v) is 12.5. The summed E-state index contributed by atoms with van der Waals surface area (Å²) in [6.07, 6.45) is 1.79. The molecule has 0 aliphatic heterocycles. The molecule has 0 radical (unpaired) electrons. The molecule has 0 amide bonds. The van der Waals surface area contributed by atoms with E-state index in [0.717, 1.165) is 22.0 Å². The Morgan fingerprint density at radius 2 is 2.06 bits per heavy atom. The van der Waals surface area contributed by atoms with E-state index >= 15 is 0 Å². The summed E-state index contributed by atoms with van der Waals surface area (Å²) < 4.78 is 5.76. The van der Waals surface area contributed by atoms with Crippen LogP contribution in [0.4, 0.5) is 0 Å². The number of rotatable bonds is 3. The number of hydrogen-bond donors (Lipinski definition) is 0. The maximum Gasteiger partial charge on any atom is 0.222 e. The minimum absolute atomic E-state index is 0.589. The molecule has 0 spiro atoms. The Balaban J connectivity index is 2.31. The van der Waals surface area contributed by atoms with Crippen LogP contribution in [0.15, 0.2) is 30.5 Å². The van der Waals surface area contributed by atoms with E-state index in [-0.39, 0.29) is 0 Å². The van der Waals surface area contributed by atoms with Crippen molar-refractivity contribution in [3.8, 4) is 11.6 Å². The van der Waals surface area contributed by atoms with Crippen molar-refractivity contribution in [1.29, 1.82) is 0 Å². The quantitative estimate of drug-likeness (QED) is 0.737. The molecule has 0 N–H and O–H groups in total. The SMILES string of the molecule is Cc1ccc(Cl)c(Oc2ncc(CBr)cc2C)c1. The number of hydrogen-bond acceptors (Lipinski definition) is 2. The third kappa shape index (κ3) is 3.03. The minimum Gasteiger partial charge on any atom is -0.437 e. The normalized spacial score (nSPS) is 10.4. The lowest BCUT2D eigenvalue weighted by Crippen LogP contribution is -1.94. The van der Waals surface area contributed by atoms with Gasteiger partial charge in [0.2, 0.25) is 5.88 Å². The summed E-state index contributed by atoms with van der Waals surface area (Å²) in [6, 6.07) is 7.72. The van der Waals surface area contributed by atoms with Crippen LogP contribution < -0.4 is 4.74 Å². The number of halogens is 2. The van der Waals surface area contributed by atoms with Crippen molar-refractivity contribution in [2.75, 3.05) is 0 Å². The molecule has 2 aromatic rings. The minimum atomic E-state index is 0.589. The third-order valence-corrected chi connectivity index (χ3v) is 3.49. The standard InChI is InChI=1S/C14H13BrClNO/c1-9-3-4-12(16)13(5-9)18-14-10(2)6-11(7-15)8-17-14/h3-6,8H,7H2,1-2H3. The molecule has 1 heterocycles. The Morgan fingerprint density at radius 1 is 1.28 bits per heavy atom. The molecule has 1 aromatic carbocycles. The zero-order valence-electron chi connectivity index (χ0n) is 10.2. The van der Waals surface area contributed by atoms with Gasteiger partial charge in [-0.2, -0.15) is 0 Å². The van der Waals surface area contributed by atoms with Crippen LogP contribution in [0.2, 0.25) is 5.02 Å². The maximum atomic E-state index is 6.10. The van der Waals surface area contributed by atoms with Crippen molar-refractivity contribution in [2.24, 2.45) is 0 Å². The van der Waals surface area contributed by atoms with Crippen LogP contribution in [0.3, 0.4) is 0 Å². The molecule has 94 valence electrons. The lowest BCUT2D eigenvalue weighted by molar-refractivity contribution is 0.458. The summed E-state index contributed by atoms with van der Waals surface area (Å²) in [7, 11) is 0. The number of aromatic nitrogens is 1. The molecular formula is C14H13BrClNO. The number of pyridine rings is 1. The molecule has 0 saturated heterocycles. The molecule has 0 aliphatic rings. The first-order chi connectivity index (χ1) is 8.60. The Hall–Kier alpha value is -1.06. The van der Waals surface area contributed by atoms with Crippen LogP contribution in [-0.2, 0) is 5.33 Å². The lowest BCUT2D eigenvalue weighted by Gasteiger charge is -2.10. The van der Waals surface area contributed by atoms with Crippen LogP contribution in [0.5, 0.6) is 11.6 Å². The summed E-state index contributed by atoms with van der Waals surface area (Å²) in [5.74, 6) is 1.23. The Kier molecular flexibility index (Phi) is 4.25. The molecule has 2 nitrogen and oxygen atoms in total. The molecule has 0 saturated carbocycles. The van der Waals surface area contributed by atoms with Gasteiger partial charge in [-0.1, -0.05) is 33.6 Å². The van der Waals surface area contributed by atoms with Crippen LogP contribution >= 0.6 is 27.5 Å². The van der Waals surface area contributed by atoms with E-state index in [9.17, 15) is 0 Å². The molecule has 2 rings (SSSR count). The van der Waals surface area contributed by atoms with Gasteiger partial charge in [0.1, 0.15) is 5.75 Å². The highest BCUT2D eigenvalue weighted by Crippen LogP contribution is 2.30. The molecule has 1 aromatic heterocycles. The number of benzene rings is 1. The fourth-order valence-corrected chi connectivity index (χ4v) is 2.06. The van der Waals surface area contributed by atoms with E-state index < -0.39 is 0 Å². The van der Waals surface area contributed by atoms with Crippen LogP contribution in [0, 0.1) is 13.8 Å². The predicted molar refractivity (Wildman–Crippen MR) is 77.9 cm³/mol. The molecule has 0 fully saturated rings. The molecule has 4 heteroatoms. The lowest BCUT2D eigenvalue weighted by atomic mass is 10.2. The van der Waals surface area contributed by atoms with Crippen molar-refractivity contribution < 1.29 is 4.74 Å². The van der Waals surface area contributed by atoms with Crippen molar-refractivity contribution in [3.63, 3.8) is 0 Å². The molecule has 0 atom stereocenters. The second-order valence-corrected chi connectivity index (χ2v) is 5.10. The van der Waals surface area contributed by atoms with Crippen LogP contribution in [-0.4, -0.2) is 4.98 Å². The highest BCUT2D eigenvalue weighted by atomic mass is 79.9. The van der Waals surface area contributed by atoms with E-state index in [2.05, 4.69) is 20.9 Å². The summed E-state index contributed by atoms with van der Waals surface area (Å²) in [6.45, 7) is 3.97. The van der Waals surface area contributed by atoms with Gasteiger partial charge in [-0.25, -0.2) is 4.98 Å². The van der Waals surface area contributed by atoms with Gasteiger partial charge in [-0.15, -0.1) is 0 Å². The van der Waals surface area contributed by atoms with E-state index in [0.29, 0.717) is 16.7 Å². The van der Waals surface area contributed by atoms with Crippen molar-refractivity contribution in [1.82, 2.24) is 4.98 Å². The summed E-state index contributed by atoms with van der Waals surface area (Å²) in [5, 5.41) is 1.37. The van der Waals surface area contributed by atoms with E-state index in [1.54, 1.807) is 6.20 Å². The van der Waals surface area contributed by atoms with Crippen LogP contribution in [0.25, 0.3) is 0 Å². The zero-order chi connectivity index (χ0) is 13.1. The van der Waals surface area contributed by atoms with E-state index in [1.165, 1.54) is 0 Å². The first-order valence-corrected chi connectivity index (χ1v) is 7.05. The highest BCUT2D eigenvalue weighted by Gasteiger charge is 2.07. The first kappa shape index (κ1) is 13.4. The maximum absolute atomic E-state index is 6.10. The average molecular weight is 327 g/mol. The van der Waals surface area contributed by atoms with Gasteiger partial charge in [0, 0.05) is 17.1 Å².